The lowest BCUT2D eigenvalue weighted by Gasteiger charge is -2.26. The summed E-state index contributed by atoms with van der Waals surface area (Å²) in [5.41, 5.74) is -0.191. The van der Waals surface area contributed by atoms with Gasteiger partial charge in [0.1, 0.15) is 0 Å². The van der Waals surface area contributed by atoms with E-state index in [1.54, 1.807) is 0 Å². The molecule has 0 atom stereocenters. The molecule has 23 heavy (non-hydrogen) atoms. The largest absolute Gasteiger partial charge is 0.397 e. The summed E-state index contributed by atoms with van der Waals surface area (Å²) in [5.74, 6) is 0. The predicted octanol–water partition coefficient (Wildman–Crippen LogP) is 4.49. The van der Waals surface area contributed by atoms with Crippen LogP contribution >= 0.6 is 0 Å². The van der Waals surface area contributed by atoms with Crippen LogP contribution in [0.4, 0.5) is 0 Å². The highest BCUT2D eigenvalue weighted by Crippen LogP contribution is 2.12. The van der Waals surface area contributed by atoms with E-state index in [-0.39, 0.29) is 12.1 Å². The monoisotopic (exact) mass is 351 g/mol. The van der Waals surface area contributed by atoms with Crippen LogP contribution in [0.1, 0.15) is 91.4 Å². The van der Waals surface area contributed by atoms with Crippen molar-refractivity contribution < 1.29 is 17.2 Å². The van der Waals surface area contributed by atoms with Crippen LogP contribution < -0.4 is 5.32 Å². The molecule has 0 aliphatic heterocycles. The van der Waals surface area contributed by atoms with Gasteiger partial charge in [-0.25, -0.2) is 4.18 Å². The summed E-state index contributed by atoms with van der Waals surface area (Å²) < 4.78 is 33.9. The van der Waals surface area contributed by atoms with Gasteiger partial charge in [0.15, 0.2) is 0 Å². The van der Waals surface area contributed by atoms with E-state index in [1.165, 1.54) is 57.8 Å². The molecule has 0 fully saturated rings. The molecule has 2 N–H and O–H groups in total. The predicted molar refractivity (Wildman–Crippen MR) is 96.0 cm³/mol. The Kier molecular flexibility index (Phi) is 13.1. The molecule has 0 spiro atoms. The van der Waals surface area contributed by atoms with Crippen molar-refractivity contribution in [3.05, 3.63) is 0 Å². The lowest BCUT2D eigenvalue weighted by molar-refractivity contribution is 0.226. The van der Waals surface area contributed by atoms with E-state index in [0.29, 0.717) is 6.42 Å². The Balaban J connectivity index is 3.42. The zero-order valence-electron chi connectivity index (χ0n) is 15.3. The summed E-state index contributed by atoms with van der Waals surface area (Å²) in [6.45, 7) is 7.19. The standard InChI is InChI=1S/C17H37NO4S/c1-4-5-6-7-8-9-10-11-12-13-15-18-17(2,3)14-16-22-23(19,20)21/h18H,4-16H2,1-3H3,(H,19,20,21). The Morgan fingerprint density at radius 1 is 0.913 bits per heavy atom. The molecular formula is C17H37NO4S. The van der Waals surface area contributed by atoms with Crippen LogP contribution in [0.2, 0.25) is 0 Å². The molecule has 0 aliphatic carbocycles. The second kappa shape index (κ2) is 13.2. The van der Waals surface area contributed by atoms with Crippen molar-refractivity contribution >= 4 is 10.4 Å². The number of nitrogens with one attached hydrogen (secondary N) is 1. The topological polar surface area (TPSA) is 75.6 Å². The normalized spacial score (nSPS) is 12.7. The van der Waals surface area contributed by atoms with Crippen LogP contribution in [-0.4, -0.2) is 31.7 Å². The molecule has 0 radical (unpaired) electrons. The Labute approximate surface area is 143 Å². The maximum absolute atomic E-state index is 10.5. The minimum atomic E-state index is -4.32. The van der Waals surface area contributed by atoms with Crippen molar-refractivity contribution in [2.75, 3.05) is 13.2 Å². The number of hydrogen-bond acceptors (Lipinski definition) is 4. The van der Waals surface area contributed by atoms with Gasteiger partial charge in [-0.1, -0.05) is 64.7 Å². The van der Waals surface area contributed by atoms with E-state index >= 15 is 0 Å². The molecule has 0 unspecified atom stereocenters. The summed E-state index contributed by atoms with van der Waals surface area (Å²) in [5, 5.41) is 3.41. The van der Waals surface area contributed by atoms with E-state index in [9.17, 15) is 8.42 Å². The van der Waals surface area contributed by atoms with E-state index in [0.717, 1.165) is 13.0 Å². The maximum Gasteiger partial charge on any atom is 0.397 e. The van der Waals surface area contributed by atoms with Crippen molar-refractivity contribution in [2.45, 2.75) is 96.9 Å². The first-order valence-electron chi connectivity index (χ1n) is 9.14. The second-order valence-electron chi connectivity index (χ2n) is 6.99. The summed E-state index contributed by atoms with van der Waals surface area (Å²) in [7, 11) is -4.32. The Morgan fingerprint density at radius 3 is 1.87 bits per heavy atom. The molecule has 140 valence electrons. The molecular weight excluding hydrogens is 314 g/mol. The summed E-state index contributed by atoms with van der Waals surface area (Å²) in [6, 6.07) is 0. The van der Waals surface area contributed by atoms with Gasteiger partial charge < -0.3 is 5.32 Å². The van der Waals surface area contributed by atoms with Crippen LogP contribution in [0.5, 0.6) is 0 Å². The van der Waals surface area contributed by atoms with E-state index in [2.05, 4.69) is 16.4 Å². The highest BCUT2D eigenvalue weighted by atomic mass is 32.3. The third-order valence-electron chi connectivity index (χ3n) is 4.09. The van der Waals surface area contributed by atoms with Crippen LogP contribution in [-0.2, 0) is 14.6 Å². The summed E-state index contributed by atoms with van der Waals surface area (Å²) >= 11 is 0. The van der Waals surface area contributed by atoms with Crippen molar-refractivity contribution in [3.8, 4) is 0 Å². The molecule has 0 aromatic rings. The smallest absolute Gasteiger partial charge is 0.312 e. The SMILES string of the molecule is CCCCCCCCCCCCNC(C)(C)CCOS(=O)(=O)O. The molecule has 0 amide bonds. The quantitative estimate of drug-likeness (QED) is 0.317. The van der Waals surface area contributed by atoms with Gasteiger partial charge in [-0.15, -0.1) is 0 Å². The van der Waals surface area contributed by atoms with Gasteiger partial charge in [0, 0.05) is 5.54 Å². The first-order chi connectivity index (χ1) is 10.8. The molecule has 0 saturated carbocycles. The van der Waals surface area contributed by atoms with Gasteiger partial charge in [0.25, 0.3) is 0 Å². The van der Waals surface area contributed by atoms with Gasteiger partial charge >= 0.3 is 10.4 Å². The number of rotatable bonds is 16. The van der Waals surface area contributed by atoms with Crippen LogP contribution in [0.15, 0.2) is 0 Å². The third kappa shape index (κ3) is 18.0. The van der Waals surface area contributed by atoms with Crippen molar-refractivity contribution in [1.82, 2.24) is 5.32 Å². The van der Waals surface area contributed by atoms with Gasteiger partial charge in [-0.2, -0.15) is 8.42 Å². The van der Waals surface area contributed by atoms with E-state index in [1.807, 2.05) is 13.8 Å². The lowest BCUT2D eigenvalue weighted by Crippen LogP contribution is -2.40. The van der Waals surface area contributed by atoms with Crippen molar-refractivity contribution in [3.63, 3.8) is 0 Å². The first kappa shape index (κ1) is 22.8. The van der Waals surface area contributed by atoms with Crippen LogP contribution in [0.25, 0.3) is 0 Å². The summed E-state index contributed by atoms with van der Waals surface area (Å²) in [4.78, 5) is 0. The highest BCUT2D eigenvalue weighted by molar-refractivity contribution is 7.80. The molecule has 0 heterocycles. The average Bonchev–Trinajstić information content (AvgIpc) is 2.43. The fraction of sp³-hybridized carbons (Fsp3) is 1.00. The Morgan fingerprint density at radius 2 is 1.39 bits per heavy atom. The van der Waals surface area contributed by atoms with Gasteiger partial charge in [-0.05, 0) is 33.2 Å². The van der Waals surface area contributed by atoms with Crippen molar-refractivity contribution in [2.24, 2.45) is 0 Å². The highest BCUT2D eigenvalue weighted by Gasteiger charge is 2.17. The molecule has 0 aromatic carbocycles. The fourth-order valence-electron chi connectivity index (χ4n) is 2.53. The first-order valence-corrected chi connectivity index (χ1v) is 10.5. The molecule has 6 heteroatoms. The van der Waals surface area contributed by atoms with Crippen molar-refractivity contribution in [1.29, 1.82) is 0 Å². The second-order valence-corrected chi connectivity index (χ2v) is 8.08. The minimum Gasteiger partial charge on any atom is -0.312 e. The number of hydrogen-bond donors (Lipinski definition) is 2. The summed E-state index contributed by atoms with van der Waals surface area (Å²) in [6.07, 6.45) is 13.7. The van der Waals surface area contributed by atoms with E-state index in [4.69, 9.17) is 4.55 Å². The Hall–Kier alpha value is -0.170. The Bertz CT molecular complexity index is 369. The molecule has 5 nitrogen and oxygen atoms in total. The lowest BCUT2D eigenvalue weighted by atomic mass is 10.0. The van der Waals surface area contributed by atoms with Crippen LogP contribution in [0, 0.1) is 0 Å². The zero-order chi connectivity index (χ0) is 17.6. The third-order valence-corrected chi connectivity index (χ3v) is 4.56. The molecule has 0 aliphatic rings. The minimum absolute atomic E-state index is 0.00311. The van der Waals surface area contributed by atoms with E-state index < -0.39 is 10.4 Å². The maximum atomic E-state index is 10.5. The molecule has 0 rings (SSSR count). The fourth-order valence-corrected chi connectivity index (χ4v) is 2.82. The van der Waals surface area contributed by atoms with Gasteiger partial charge in [0.05, 0.1) is 6.61 Å². The molecule has 0 aromatic heterocycles. The van der Waals surface area contributed by atoms with Crippen LogP contribution in [0.3, 0.4) is 0 Å². The molecule has 0 saturated heterocycles. The van der Waals surface area contributed by atoms with Gasteiger partial charge in [0.2, 0.25) is 0 Å². The zero-order valence-corrected chi connectivity index (χ0v) is 16.1. The van der Waals surface area contributed by atoms with Gasteiger partial charge in [-0.3, -0.25) is 4.55 Å². The number of unbranched alkanes of at least 4 members (excludes halogenated alkanes) is 9. The molecule has 0 bridgehead atoms. The average molecular weight is 352 g/mol.